The number of imide groups is 1. The minimum Gasteiger partial charge on any atom is -0.462 e. The van der Waals surface area contributed by atoms with E-state index in [2.05, 4.69) is 0 Å². The van der Waals surface area contributed by atoms with Crippen molar-refractivity contribution in [3.63, 3.8) is 0 Å². The molecule has 0 unspecified atom stereocenters. The molecule has 2 aromatic rings. The van der Waals surface area contributed by atoms with E-state index in [1.165, 1.54) is 28.6 Å². The van der Waals surface area contributed by atoms with E-state index in [9.17, 15) is 27.6 Å². The van der Waals surface area contributed by atoms with Crippen LogP contribution < -0.4 is 4.90 Å². The second-order valence-corrected chi connectivity index (χ2v) is 10.0. The zero-order valence-corrected chi connectivity index (χ0v) is 20.0. The van der Waals surface area contributed by atoms with Gasteiger partial charge in [0.25, 0.3) is 5.91 Å². The summed E-state index contributed by atoms with van der Waals surface area (Å²) in [6, 6.07) is 11.8. The Morgan fingerprint density at radius 3 is 1.91 bits per heavy atom. The van der Waals surface area contributed by atoms with Gasteiger partial charge in [-0.1, -0.05) is 0 Å². The maximum Gasteiger partial charge on any atom is 0.338 e. The Bertz CT molecular complexity index is 1230. The third-order valence-corrected chi connectivity index (χ3v) is 7.87. The Balaban J connectivity index is 1.38. The number of carbonyl (C=O) groups is 4. The van der Waals surface area contributed by atoms with Gasteiger partial charge in [-0.2, -0.15) is 4.31 Å². The maximum absolute atomic E-state index is 13.0. The first kappa shape index (κ1) is 24.6. The van der Waals surface area contributed by atoms with Crippen LogP contribution in [0.4, 0.5) is 5.69 Å². The summed E-state index contributed by atoms with van der Waals surface area (Å²) in [4.78, 5) is 51.2. The van der Waals surface area contributed by atoms with Gasteiger partial charge < -0.3 is 9.64 Å². The van der Waals surface area contributed by atoms with Gasteiger partial charge in [-0.15, -0.1) is 0 Å². The van der Waals surface area contributed by atoms with Crippen LogP contribution in [-0.4, -0.2) is 74.1 Å². The van der Waals surface area contributed by atoms with Gasteiger partial charge in [0, 0.05) is 44.6 Å². The summed E-state index contributed by atoms with van der Waals surface area (Å²) in [5.41, 5.74) is 1.09. The highest BCUT2D eigenvalue weighted by Crippen LogP contribution is 2.24. The Labute approximate surface area is 203 Å². The molecule has 0 spiro atoms. The van der Waals surface area contributed by atoms with Gasteiger partial charge in [0.15, 0.2) is 0 Å². The lowest BCUT2D eigenvalue weighted by Gasteiger charge is -2.34. The SMILES string of the molecule is CCOC(=O)c1ccc(S(=O)(=O)N2CCN(C(=O)c3ccc(N4C(=O)CCC4=O)cc3)CC2)cc1. The van der Waals surface area contributed by atoms with Crippen LogP contribution in [0.1, 0.15) is 40.5 Å². The van der Waals surface area contributed by atoms with Crippen molar-refractivity contribution >= 4 is 39.4 Å². The number of ether oxygens (including phenoxy) is 1. The van der Waals surface area contributed by atoms with E-state index in [4.69, 9.17) is 4.74 Å². The number of sulfonamides is 1. The molecule has 0 saturated carbocycles. The molecular formula is C24H25N3O7S. The molecule has 3 amide bonds. The second-order valence-electron chi connectivity index (χ2n) is 8.11. The van der Waals surface area contributed by atoms with Crippen LogP contribution in [0.15, 0.2) is 53.4 Å². The predicted octanol–water partition coefficient (Wildman–Crippen LogP) is 1.66. The lowest BCUT2D eigenvalue weighted by Crippen LogP contribution is -2.50. The molecule has 2 aromatic carbocycles. The number of rotatable bonds is 6. The number of piperazine rings is 1. The summed E-state index contributed by atoms with van der Waals surface area (Å²) in [7, 11) is -3.78. The van der Waals surface area contributed by atoms with Crippen LogP contribution in [0.2, 0.25) is 0 Å². The molecule has 2 fully saturated rings. The van der Waals surface area contributed by atoms with Gasteiger partial charge in [-0.3, -0.25) is 19.3 Å². The number of anilines is 1. The molecule has 10 nitrogen and oxygen atoms in total. The smallest absolute Gasteiger partial charge is 0.338 e. The lowest BCUT2D eigenvalue weighted by molar-refractivity contribution is -0.121. The average molecular weight is 500 g/mol. The van der Waals surface area contributed by atoms with Gasteiger partial charge in [0.2, 0.25) is 21.8 Å². The average Bonchev–Trinajstić information content (AvgIpc) is 3.21. The summed E-state index contributed by atoms with van der Waals surface area (Å²) in [5, 5.41) is 0. The largest absolute Gasteiger partial charge is 0.462 e. The fourth-order valence-corrected chi connectivity index (χ4v) is 5.48. The van der Waals surface area contributed by atoms with Crippen molar-refractivity contribution in [2.45, 2.75) is 24.7 Å². The predicted molar refractivity (Wildman–Crippen MR) is 125 cm³/mol. The lowest BCUT2D eigenvalue weighted by atomic mass is 10.1. The van der Waals surface area contributed by atoms with Gasteiger partial charge in [-0.05, 0) is 55.5 Å². The first-order chi connectivity index (χ1) is 16.7. The van der Waals surface area contributed by atoms with Crippen molar-refractivity contribution in [2.75, 3.05) is 37.7 Å². The van der Waals surface area contributed by atoms with E-state index >= 15 is 0 Å². The van der Waals surface area contributed by atoms with E-state index in [0.717, 1.165) is 4.90 Å². The summed E-state index contributed by atoms with van der Waals surface area (Å²) in [6.07, 6.45) is 0.366. The molecule has 2 aliphatic rings. The zero-order valence-electron chi connectivity index (χ0n) is 19.2. The third kappa shape index (κ3) is 4.96. The molecule has 184 valence electrons. The van der Waals surface area contributed by atoms with Crippen molar-refractivity contribution < 1.29 is 32.3 Å². The third-order valence-electron chi connectivity index (χ3n) is 5.95. The number of esters is 1. The number of hydrogen-bond donors (Lipinski definition) is 0. The van der Waals surface area contributed by atoms with E-state index < -0.39 is 16.0 Å². The fraction of sp³-hybridized carbons (Fsp3) is 0.333. The first-order valence-corrected chi connectivity index (χ1v) is 12.7. The van der Waals surface area contributed by atoms with Gasteiger partial charge in [-0.25, -0.2) is 13.2 Å². The normalized spacial score (nSPS) is 17.1. The van der Waals surface area contributed by atoms with Crippen molar-refractivity contribution in [1.29, 1.82) is 0 Å². The maximum atomic E-state index is 13.0. The van der Waals surface area contributed by atoms with Crippen molar-refractivity contribution in [1.82, 2.24) is 9.21 Å². The van der Waals surface area contributed by atoms with Crippen LogP contribution in [0.25, 0.3) is 0 Å². The number of amides is 3. The summed E-state index contributed by atoms with van der Waals surface area (Å²) < 4.78 is 32.2. The molecule has 0 atom stereocenters. The highest BCUT2D eigenvalue weighted by molar-refractivity contribution is 7.89. The molecule has 0 bridgehead atoms. The van der Waals surface area contributed by atoms with Crippen LogP contribution in [-0.2, 0) is 24.3 Å². The highest BCUT2D eigenvalue weighted by atomic mass is 32.2. The summed E-state index contributed by atoms with van der Waals surface area (Å²) in [6.45, 7) is 2.59. The minimum atomic E-state index is -3.78. The molecule has 0 N–H and O–H groups in total. The molecule has 35 heavy (non-hydrogen) atoms. The van der Waals surface area contributed by atoms with Crippen molar-refractivity contribution in [2.24, 2.45) is 0 Å². The summed E-state index contributed by atoms with van der Waals surface area (Å²) in [5.74, 6) is -1.30. The molecule has 0 aromatic heterocycles. The fourth-order valence-electron chi connectivity index (χ4n) is 4.06. The molecule has 11 heteroatoms. The summed E-state index contributed by atoms with van der Waals surface area (Å²) >= 11 is 0. The standard InChI is InChI=1S/C24H25N3O7S/c1-2-34-24(31)18-5-9-20(10-6-18)35(32,33)26-15-13-25(14-16-26)23(30)17-3-7-19(8-4-17)27-21(28)11-12-22(27)29/h3-10H,2,11-16H2,1H3. The number of hydrogen-bond acceptors (Lipinski definition) is 7. The van der Waals surface area contributed by atoms with Gasteiger partial charge in [0.05, 0.1) is 22.8 Å². The van der Waals surface area contributed by atoms with E-state index in [0.29, 0.717) is 11.3 Å². The molecule has 0 aliphatic carbocycles. The van der Waals surface area contributed by atoms with E-state index in [1.54, 1.807) is 36.1 Å². The van der Waals surface area contributed by atoms with Crippen LogP contribution >= 0.6 is 0 Å². The molecule has 4 rings (SSSR count). The molecule has 0 radical (unpaired) electrons. The van der Waals surface area contributed by atoms with E-state index in [-0.39, 0.29) is 73.8 Å². The zero-order chi connectivity index (χ0) is 25.2. The Kier molecular flexibility index (Phi) is 6.99. The highest BCUT2D eigenvalue weighted by Gasteiger charge is 2.32. The monoisotopic (exact) mass is 499 g/mol. The van der Waals surface area contributed by atoms with Crippen LogP contribution in [0, 0.1) is 0 Å². The Hall–Kier alpha value is -3.57. The quantitative estimate of drug-likeness (QED) is 0.438. The van der Waals surface area contributed by atoms with Gasteiger partial charge >= 0.3 is 5.97 Å². The molecule has 2 aliphatic heterocycles. The second kappa shape index (κ2) is 9.96. The van der Waals surface area contributed by atoms with E-state index in [1.807, 2.05) is 0 Å². The Morgan fingerprint density at radius 1 is 0.829 bits per heavy atom. The van der Waals surface area contributed by atoms with Gasteiger partial charge in [0.1, 0.15) is 0 Å². The Morgan fingerprint density at radius 2 is 1.37 bits per heavy atom. The number of nitrogens with zero attached hydrogens (tertiary/aromatic N) is 3. The first-order valence-electron chi connectivity index (χ1n) is 11.2. The minimum absolute atomic E-state index is 0.0620. The molecule has 2 saturated heterocycles. The number of benzene rings is 2. The van der Waals surface area contributed by atoms with Crippen molar-refractivity contribution in [3.8, 4) is 0 Å². The van der Waals surface area contributed by atoms with Crippen molar-refractivity contribution in [3.05, 3.63) is 59.7 Å². The number of carbonyl (C=O) groups excluding carboxylic acids is 4. The molecule has 2 heterocycles. The molecular weight excluding hydrogens is 474 g/mol. The topological polar surface area (TPSA) is 121 Å². The van der Waals surface area contributed by atoms with Crippen LogP contribution in [0.3, 0.4) is 0 Å². The van der Waals surface area contributed by atoms with Crippen LogP contribution in [0.5, 0.6) is 0 Å².